The molecule has 0 radical (unpaired) electrons. The van der Waals surface area contributed by atoms with Gasteiger partial charge in [0.1, 0.15) is 5.41 Å². The van der Waals surface area contributed by atoms with Gasteiger partial charge in [-0.1, -0.05) is 12.8 Å². The molecule has 1 amide bonds. The number of nitriles is 1. The largest absolute Gasteiger partial charge is 0.394 e. The molecule has 1 heterocycles. The zero-order valence-corrected chi connectivity index (χ0v) is 9.48. The van der Waals surface area contributed by atoms with Crippen molar-refractivity contribution in [3.8, 4) is 6.07 Å². The van der Waals surface area contributed by atoms with Gasteiger partial charge in [-0.05, 0) is 25.7 Å². The Morgan fingerprint density at radius 3 is 2.75 bits per heavy atom. The van der Waals surface area contributed by atoms with Gasteiger partial charge in [-0.3, -0.25) is 4.79 Å². The van der Waals surface area contributed by atoms with Gasteiger partial charge < -0.3 is 10.0 Å². The molecule has 2 fully saturated rings. The van der Waals surface area contributed by atoms with E-state index in [1.807, 2.05) is 0 Å². The van der Waals surface area contributed by atoms with Gasteiger partial charge in [-0.15, -0.1) is 0 Å². The second-order valence-corrected chi connectivity index (χ2v) is 4.88. The van der Waals surface area contributed by atoms with Gasteiger partial charge in [-0.2, -0.15) is 5.26 Å². The first-order valence-electron chi connectivity index (χ1n) is 6.07. The van der Waals surface area contributed by atoms with Gasteiger partial charge >= 0.3 is 0 Å². The molecule has 2 rings (SSSR count). The van der Waals surface area contributed by atoms with Crippen LogP contribution in [0, 0.1) is 16.7 Å². The predicted octanol–water partition coefficient (Wildman–Crippen LogP) is 1.05. The summed E-state index contributed by atoms with van der Waals surface area (Å²) in [7, 11) is 0. The number of likely N-dealkylation sites (tertiary alicyclic amines) is 1. The fraction of sp³-hybridized carbons (Fsp3) is 0.833. The third-order valence-electron chi connectivity index (χ3n) is 3.72. The van der Waals surface area contributed by atoms with Gasteiger partial charge in [0.2, 0.25) is 5.91 Å². The average Bonchev–Trinajstić information content (AvgIpc) is 3.12. The van der Waals surface area contributed by atoms with Crippen LogP contribution in [0.4, 0.5) is 0 Å². The fourth-order valence-corrected chi connectivity index (χ4v) is 2.41. The predicted molar refractivity (Wildman–Crippen MR) is 58.3 cm³/mol. The van der Waals surface area contributed by atoms with Gasteiger partial charge in [0.15, 0.2) is 0 Å². The lowest BCUT2D eigenvalue weighted by Gasteiger charge is -2.30. The van der Waals surface area contributed by atoms with E-state index in [4.69, 9.17) is 5.26 Å². The topological polar surface area (TPSA) is 64.3 Å². The van der Waals surface area contributed by atoms with E-state index in [1.54, 1.807) is 4.90 Å². The Morgan fingerprint density at radius 2 is 2.19 bits per heavy atom. The van der Waals surface area contributed by atoms with E-state index in [1.165, 1.54) is 0 Å². The molecular formula is C12H18N2O2. The molecule has 16 heavy (non-hydrogen) atoms. The third-order valence-corrected chi connectivity index (χ3v) is 3.72. The summed E-state index contributed by atoms with van der Waals surface area (Å²) >= 11 is 0. The molecule has 1 unspecified atom stereocenters. The van der Waals surface area contributed by atoms with Crippen LogP contribution >= 0.6 is 0 Å². The number of carbonyl (C=O) groups is 1. The fourth-order valence-electron chi connectivity index (χ4n) is 2.41. The Kier molecular flexibility index (Phi) is 3.15. The second kappa shape index (κ2) is 4.42. The Morgan fingerprint density at radius 1 is 1.44 bits per heavy atom. The summed E-state index contributed by atoms with van der Waals surface area (Å²) in [5.74, 6) is -0.0454. The first kappa shape index (κ1) is 11.4. The van der Waals surface area contributed by atoms with Gasteiger partial charge in [0, 0.05) is 6.54 Å². The first-order valence-corrected chi connectivity index (χ1v) is 6.07. The van der Waals surface area contributed by atoms with Gasteiger partial charge in [-0.25, -0.2) is 0 Å². The zero-order valence-electron chi connectivity index (χ0n) is 9.48. The summed E-state index contributed by atoms with van der Waals surface area (Å²) in [6.07, 6.45) is 5.41. The quantitative estimate of drug-likeness (QED) is 0.759. The van der Waals surface area contributed by atoms with E-state index >= 15 is 0 Å². The number of rotatable bonds is 2. The van der Waals surface area contributed by atoms with Crippen LogP contribution in [0.1, 0.15) is 38.5 Å². The number of hydrogen-bond donors (Lipinski definition) is 1. The van der Waals surface area contributed by atoms with Crippen LogP contribution in [0.15, 0.2) is 0 Å². The zero-order chi connectivity index (χ0) is 11.6. The van der Waals surface area contributed by atoms with E-state index < -0.39 is 5.41 Å². The minimum atomic E-state index is -0.738. The lowest BCUT2D eigenvalue weighted by molar-refractivity contribution is -0.138. The van der Waals surface area contributed by atoms with Crippen molar-refractivity contribution in [1.29, 1.82) is 5.26 Å². The highest BCUT2D eigenvalue weighted by molar-refractivity contribution is 5.88. The number of aliphatic hydroxyl groups excluding tert-OH is 1. The number of aliphatic hydroxyl groups is 1. The number of hydrogen-bond acceptors (Lipinski definition) is 3. The van der Waals surface area contributed by atoms with Crippen molar-refractivity contribution in [2.45, 2.75) is 44.6 Å². The van der Waals surface area contributed by atoms with Crippen LogP contribution in [-0.4, -0.2) is 35.1 Å². The molecule has 0 aromatic carbocycles. The molecule has 4 heteroatoms. The molecule has 1 saturated heterocycles. The summed E-state index contributed by atoms with van der Waals surface area (Å²) in [5, 5.41) is 18.3. The summed E-state index contributed by atoms with van der Waals surface area (Å²) in [4.78, 5) is 14.0. The smallest absolute Gasteiger partial charge is 0.243 e. The van der Waals surface area contributed by atoms with E-state index in [9.17, 15) is 9.90 Å². The minimum absolute atomic E-state index is 0.0211. The molecule has 1 atom stereocenters. The Labute approximate surface area is 95.9 Å². The highest BCUT2D eigenvalue weighted by Gasteiger charge is 2.53. The maximum Gasteiger partial charge on any atom is 0.243 e. The van der Waals surface area contributed by atoms with Crippen LogP contribution in [0.5, 0.6) is 0 Å². The summed E-state index contributed by atoms with van der Waals surface area (Å²) in [6.45, 7) is 0.723. The van der Waals surface area contributed by atoms with E-state index in [-0.39, 0.29) is 18.6 Å². The number of amides is 1. The standard InChI is InChI=1S/C12H18N2O2/c13-9-12(5-6-12)11(16)14-7-3-1-2-4-10(14)8-15/h10,15H,1-8H2. The van der Waals surface area contributed by atoms with Crippen LogP contribution < -0.4 is 0 Å². The molecule has 0 aromatic rings. The van der Waals surface area contributed by atoms with Crippen molar-refractivity contribution in [3.63, 3.8) is 0 Å². The van der Waals surface area contributed by atoms with Gasteiger partial charge in [0.05, 0.1) is 18.7 Å². The second-order valence-electron chi connectivity index (χ2n) is 4.88. The molecule has 1 aliphatic carbocycles. The van der Waals surface area contributed by atoms with Crippen molar-refractivity contribution >= 4 is 5.91 Å². The van der Waals surface area contributed by atoms with Crippen molar-refractivity contribution in [2.75, 3.05) is 13.2 Å². The molecule has 2 aliphatic rings. The number of carbonyl (C=O) groups excluding carboxylic acids is 1. The highest BCUT2D eigenvalue weighted by atomic mass is 16.3. The molecule has 0 aromatic heterocycles. The molecular weight excluding hydrogens is 204 g/mol. The van der Waals surface area contributed by atoms with Crippen molar-refractivity contribution < 1.29 is 9.90 Å². The van der Waals surface area contributed by atoms with Crippen LogP contribution in [0.25, 0.3) is 0 Å². The normalized spacial score (nSPS) is 28.0. The van der Waals surface area contributed by atoms with Crippen molar-refractivity contribution in [3.05, 3.63) is 0 Å². The van der Waals surface area contributed by atoms with E-state index in [2.05, 4.69) is 6.07 Å². The number of nitrogens with zero attached hydrogens (tertiary/aromatic N) is 2. The SMILES string of the molecule is N#CC1(C(=O)N2CCCCCC2CO)CC1. The first-order chi connectivity index (χ1) is 7.73. The molecule has 4 nitrogen and oxygen atoms in total. The van der Waals surface area contributed by atoms with E-state index in [0.717, 1.165) is 25.7 Å². The maximum atomic E-state index is 12.2. The van der Waals surface area contributed by atoms with Crippen LogP contribution in [0.3, 0.4) is 0 Å². The Balaban J connectivity index is 2.11. The highest BCUT2D eigenvalue weighted by Crippen LogP contribution is 2.47. The Bertz CT molecular complexity index is 317. The third kappa shape index (κ3) is 1.92. The molecule has 1 aliphatic heterocycles. The van der Waals surface area contributed by atoms with E-state index in [0.29, 0.717) is 19.4 Å². The van der Waals surface area contributed by atoms with Crippen LogP contribution in [0.2, 0.25) is 0 Å². The lowest BCUT2D eigenvalue weighted by Crippen LogP contribution is -2.45. The summed E-state index contributed by atoms with van der Waals surface area (Å²) in [6, 6.07) is 2.07. The lowest BCUT2D eigenvalue weighted by atomic mass is 10.1. The monoisotopic (exact) mass is 222 g/mol. The summed E-state index contributed by atoms with van der Waals surface area (Å²) in [5.41, 5.74) is -0.738. The molecule has 0 spiro atoms. The Hall–Kier alpha value is -1.08. The molecule has 1 saturated carbocycles. The maximum absolute atomic E-state index is 12.2. The minimum Gasteiger partial charge on any atom is -0.394 e. The molecule has 1 N–H and O–H groups in total. The molecule has 0 bridgehead atoms. The van der Waals surface area contributed by atoms with Gasteiger partial charge in [0.25, 0.3) is 0 Å². The summed E-state index contributed by atoms with van der Waals surface area (Å²) < 4.78 is 0. The molecule has 88 valence electrons. The van der Waals surface area contributed by atoms with Crippen molar-refractivity contribution in [1.82, 2.24) is 4.90 Å². The average molecular weight is 222 g/mol. The van der Waals surface area contributed by atoms with Crippen molar-refractivity contribution in [2.24, 2.45) is 5.41 Å². The van der Waals surface area contributed by atoms with Crippen LogP contribution in [-0.2, 0) is 4.79 Å².